The number of nitrogens with one attached hydrogen (secondary N) is 1. The van der Waals surface area contributed by atoms with Crippen LogP contribution >= 0.6 is 0 Å². The molecule has 0 saturated heterocycles. The molecule has 126 valence electrons. The predicted molar refractivity (Wildman–Crippen MR) is 76.8 cm³/mol. The van der Waals surface area contributed by atoms with Gasteiger partial charge >= 0.3 is 11.7 Å². The molecule has 0 bridgehead atoms. The van der Waals surface area contributed by atoms with E-state index in [1.807, 2.05) is 0 Å². The van der Waals surface area contributed by atoms with Gasteiger partial charge in [-0.15, -0.1) is 0 Å². The minimum absolute atomic E-state index is 0.0246. The molecule has 1 aromatic carbocycles. The maximum atomic E-state index is 12.5. The number of carboxylic acids is 1. The molecule has 0 atom stereocenters. The molecule has 1 aromatic rings. The summed E-state index contributed by atoms with van der Waals surface area (Å²) in [7, 11) is -4.76. The SMILES string of the molecule is O=C(CC1(C(=O)O)CCC1)Nc1cccc(S(=O)(=O)C(F)F)c1. The Labute approximate surface area is 131 Å². The van der Waals surface area contributed by atoms with Gasteiger partial charge in [0.1, 0.15) is 0 Å². The van der Waals surface area contributed by atoms with Crippen LogP contribution in [-0.4, -0.2) is 31.2 Å². The molecule has 1 saturated carbocycles. The number of anilines is 1. The van der Waals surface area contributed by atoms with Crippen LogP contribution in [-0.2, 0) is 19.4 Å². The first-order valence-electron chi connectivity index (χ1n) is 6.83. The summed E-state index contributed by atoms with van der Waals surface area (Å²) in [5, 5.41) is 11.5. The molecular weight excluding hydrogens is 332 g/mol. The molecule has 1 amide bonds. The number of rotatable bonds is 6. The fraction of sp³-hybridized carbons (Fsp3) is 0.429. The highest BCUT2D eigenvalue weighted by molar-refractivity contribution is 7.91. The Kier molecular flexibility index (Phi) is 4.69. The maximum Gasteiger partial charge on any atom is 0.341 e. The average molecular weight is 347 g/mol. The zero-order valence-corrected chi connectivity index (χ0v) is 12.8. The minimum Gasteiger partial charge on any atom is -0.481 e. The Balaban J connectivity index is 2.12. The Morgan fingerprint density at radius 2 is 1.96 bits per heavy atom. The maximum absolute atomic E-state index is 12.5. The standard InChI is InChI=1S/C14H15F2NO5S/c15-13(16)23(21,22)10-4-1-3-9(7-10)17-11(18)8-14(12(19)20)5-2-6-14/h1,3-4,7,13H,2,5-6,8H2,(H,17,18)(H,19,20). The number of alkyl halides is 2. The molecule has 1 fully saturated rings. The van der Waals surface area contributed by atoms with Gasteiger partial charge in [0.25, 0.3) is 0 Å². The molecule has 0 radical (unpaired) electrons. The molecule has 0 aliphatic heterocycles. The number of benzene rings is 1. The molecule has 0 spiro atoms. The monoisotopic (exact) mass is 347 g/mol. The van der Waals surface area contributed by atoms with Gasteiger partial charge in [0.15, 0.2) is 0 Å². The summed E-state index contributed by atoms with van der Waals surface area (Å²) in [5.74, 6) is -5.20. The van der Waals surface area contributed by atoms with Crippen LogP contribution in [0.5, 0.6) is 0 Å². The van der Waals surface area contributed by atoms with Crippen LogP contribution in [0.2, 0.25) is 0 Å². The van der Waals surface area contributed by atoms with Crippen LogP contribution in [0.3, 0.4) is 0 Å². The van der Waals surface area contributed by atoms with E-state index in [1.165, 1.54) is 12.1 Å². The number of aliphatic carboxylic acids is 1. The number of halogens is 2. The topological polar surface area (TPSA) is 101 Å². The highest BCUT2D eigenvalue weighted by atomic mass is 32.2. The lowest BCUT2D eigenvalue weighted by atomic mass is 9.66. The van der Waals surface area contributed by atoms with Crippen molar-refractivity contribution >= 4 is 27.4 Å². The van der Waals surface area contributed by atoms with E-state index in [4.69, 9.17) is 5.11 Å². The molecule has 0 aromatic heterocycles. The van der Waals surface area contributed by atoms with Crippen LogP contribution in [0.1, 0.15) is 25.7 Å². The summed E-state index contributed by atoms with van der Waals surface area (Å²) in [6, 6.07) is 4.49. The van der Waals surface area contributed by atoms with Crippen molar-refractivity contribution in [2.24, 2.45) is 5.41 Å². The molecule has 0 heterocycles. The van der Waals surface area contributed by atoms with Crippen LogP contribution in [0, 0.1) is 5.41 Å². The van der Waals surface area contributed by atoms with Crippen molar-refractivity contribution in [1.29, 1.82) is 0 Å². The normalized spacial score (nSPS) is 16.7. The fourth-order valence-electron chi connectivity index (χ4n) is 2.44. The lowest BCUT2D eigenvalue weighted by Crippen LogP contribution is -2.41. The number of amides is 1. The van der Waals surface area contributed by atoms with E-state index in [2.05, 4.69) is 5.32 Å². The molecule has 1 aliphatic rings. The van der Waals surface area contributed by atoms with Crippen molar-refractivity contribution in [3.8, 4) is 0 Å². The average Bonchev–Trinajstić information content (AvgIpc) is 2.42. The van der Waals surface area contributed by atoms with Gasteiger partial charge < -0.3 is 10.4 Å². The number of carboxylic acid groups (broad SMARTS) is 1. The summed E-state index contributed by atoms with van der Waals surface area (Å²) < 4.78 is 47.8. The second kappa shape index (κ2) is 6.23. The summed E-state index contributed by atoms with van der Waals surface area (Å²) in [5.41, 5.74) is -1.06. The van der Waals surface area contributed by atoms with Crippen molar-refractivity contribution in [3.63, 3.8) is 0 Å². The van der Waals surface area contributed by atoms with E-state index in [9.17, 15) is 26.8 Å². The van der Waals surface area contributed by atoms with Gasteiger partial charge in [-0.3, -0.25) is 9.59 Å². The molecule has 6 nitrogen and oxygen atoms in total. The summed E-state index contributed by atoms with van der Waals surface area (Å²) in [6.07, 6.45) is 1.28. The van der Waals surface area contributed by atoms with E-state index in [0.717, 1.165) is 18.6 Å². The van der Waals surface area contributed by atoms with Crippen molar-refractivity contribution in [2.75, 3.05) is 5.32 Å². The zero-order chi connectivity index (χ0) is 17.3. The number of sulfone groups is 1. The number of hydrogen-bond acceptors (Lipinski definition) is 4. The molecule has 9 heteroatoms. The first kappa shape index (κ1) is 17.3. The van der Waals surface area contributed by atoms with E-state index in [-0.39, 0.29) is 12.1 Å². The lowest BCUT2D eigenvalue weighted by Gasteiger charge is -2.36. The van der Waals surface area contributed by atoms with Gasteiger partial charge in [-0.25, -0.2) is 8.42 Å². The molecular formula is C14H15F2NO5S. The third-order valence-electron chi connectivity index (χ3n) is 3.94. The second-order valence-electron chi connectivity index (χ2n) is 5.50. The van der Waals surface area contributed by atoms with E-state index < -0.39 is 37.8 Å². The first-order chi connectivity index (χ1) is 10.7. The van der Waals surface area contributed by atoms with Gasteiger partial charge in [0, 0.05) is 12.1 Å². The summed E-state index contributed by atoms with van der Waals surface area (Å²) >= 11 is 0. The van der Waals surface area contributed by atoms with Crippen LogP contribution in [0.25, 0.3) is 0 Å². The molecule has 23 heavy (non-hydrogen) atoms. The third-order valence-corrected chi connectivity index (χ3v) is 5.32. The predicted octanol–water partition coefficient (Wildman–Crippen LogP) is 2.27. The van der Waals surface area contributed by atoms with Gasteiger partial charge in [0.2, 0.25) is 15.7 Å². The summed E-state index contributed by atoms with van der Waals surface area (Å²) in [6.45, 7) is 0. The summed E-state index contributed by atoms with van der Waals surface area (Å²) in [4.78, 5) is 22.5. The Hall–Kier alpha value is -2.03. The molecule has 1 aliphatic carbocycles. The van der Waals surface area contributed by atoms with Crippen molar-refractivity contribution in [1.82, 2.24) is 0 Å². The van der Waals surface area contributed by atoms with Crippen molar-refractivity contribution < 1.29 is 31.9 Å². The van der Waals surface area contributed by atoms with Crippen LogP contribution < -0.4 is 5.32 Å². The second-order valence-corrected chi connectivity index (χ2v) is 7.42. The number of carbonyl (C=O) groups excluding carboxylic acids is 1. The van der Waals surface area contributed by atoms with Gasteiger partial charge in [-0.1, -0.05) is 12.5 Å². The van der Waals surface area contributed by atoms with E-state index in [0.29, 0.717) is 12.8 Å². The Bertz CT molecular complexity index is 728. The van der Waals surface area contributed by atoms with Crippen LogP contribution in [0.15, 0.2) is 29.2 Å². The molecule has 2 N–H and O–H groups in total. The first-order valence-corrected chi connectivity index (χ1v) is 8.37. The fourth-order valence-corrected chi connectivity index (χ4v) is 3.20. The van der Waals surface area contributed by atoms with Crippen LogP contribution in [0.4, 0.5) is 14.5 Å². The van der Waals surface area contributed by atoms with E-state index in [1.54, 1.807) is 0 Å². The van der Waals surface area contributed by atoms with Gasteiger partial charge in [0.05, 0.1) is 10.3 Å². The smallest absolute Gasteiger partial charge is 0.341 e. The molecule has 2 rings (SSSR count). The van der Waals surface area contributed by atoms with Gasteiger partial charge in [-0.05, 0) is 31.0 Å². The largest absolute Gasteiger partial charge is 0.481 e. The number of hydrogen-bond donors (Lipinski definition) is 2. The van der Waals surface area contributed by atoms with E-state index >= 15 is 0 Å². The quantitative estimate of drug-likeness (QED) is 0.822. The third kappa shape index (κ3) is 3.49. The minimum atomic E-state index is -4.76. The Morgan fingerprint density at radius 1 is 1.30 bits per heavy atom. The zero-order valence-electron chi connectivity index (χ0n) is 12.0. The highest BCUT2D eigenvalue weighted by Gasteiger charge is 2.45. The van der Waals surface area contributed by atoms with Crippen molar-refractivity contribution in [2.45, 2.75) is 36.3 Å². The lowest BCUT2D eigenvalue weighted by molar-refractivity contribution is -0.157. The number of carbonyl (C=O) groups is 2. The van der Waals surface area contributed by atoms with Gasteiger partial charge in [-0.2, -0.15) is 8.78 Å². The van der Waals surface area contributed by atoms with Crippen molar-refractivity contribution in [3.05, 3.63) is 24.3 Å². The molecule has 0 unspecified atom stereocenters. The highest BCUT2D eigenvalue weighted by Crippen LogP contribution is 2.44. The Morgan fingerprint density at radius 3 is 2.43 bits per heavy atom.